The summed E-state index contributed by atoms with van der Waals surface area (Å²) >= 11 is 0. The van der Waals surface area contributed by atoms with Crippen molar-refractivity contribution in [1.82, 2.24) is 0 Å². The molecule has 0 saturated carbocycles. The molecule has 4 heteroatoms. The molecule has 2 atom stereocenters. The number of aliphatic hydroxyl groups excluding tert-OH is 1. The number of benzene rings is 1. The van der Waals surface area contributed by atoms with E-state index in [4.69, 9.17) is 0 Å². The SMILES string of the molecule is O=S1(=O)CCC[C@H]1[C@@H](O)c1ccccc1. The van der Waals surface area contributed by atoms with Crippen molar-refractivity contribution < 1.29 is 13.5 Å². The predicted molar refractivity (Wildman–Crippen MR) is 58.2 cm³/mol. The maximum absolute atomic E-state index is 11.6. The lowest BCUT2D eigenvalue weighted by Crippen LogP contribution is -2.24. The minimum Gasteiger partial charge on any atom is -0.387 e. The molecule has 0 spiro atoms. The summed E-state index contributed by atoms with van der Waals surface area (Å²) in [5, 5.41) is 9.37. The topological polar surface area (TPSA) is 54.4 Å². The van der Waals surface area contributed by atoms with Gasteiger partial charge in [0.1, 0.15) is 0 Å². The molecule has 0 unspecified atom stereocenters. The molecule has 1 aliphatic heterocycles. The molecular formula is C11H14O3S. The van der Waals surface area contributed by atoms with Crippen LogP contribution in [-0.2, 0) is 9.84 Å². The first-order chi connectivity index (χ1) is 7.11. The van der Waals surface area contributed by atoms with Gasteiger partial charge in [-0.15, -0.1) is 0 Å². The van der Waals surface area contributed by atoms with Gasteiger partial charge in [-0.1, -0.05) is 30.3 Å². The third-order valence-corrected chi connectivity index (χ3v) is 5.15. The zero-order valence-electron chi connectivity index (χ0n) is 8.33. The van der Waals surface area contributed by atoms with Crippen molar-refractivity contribution in [3.63, 3.8) is 0 Å². The summed E-state index contributed by atoms with van der Waals surface area (Å²) in [4.78, 5) is 0. The molecule has 1 aliphatic rings. The van der Waals surface area contributed by atoms with E-state index >= 15 is 0 Å². The lowest BCUT2D eigenvalue weighted by Gasteiger charge is -2.17. The number of hydrogen-bond donors (Lipinski definition) is 1. The summed E-state index contributed by atoms with van der Waals surface area (Å²) in [5.41, 5.74) is 0.688. The Morgan fingerprint density at radius 1 is 1.27 bits per heavy atom. The van der Waals surface area contributed by atoms with Crippen LogP contribution in [0.4, 0.5) is 0 Å². The Hall–Kier alpha value is -0.870. The molecule has 0 aromatic heterocycles. The van der Waals surface area contributed by atoms with Gasteiger partial charge in [0, 0.05) is 0 Å². The van der Waals surface area contributed by atoms with Gasteiger partial charge < -0.3 is 5.11 Å². The Kier molecular flexibility index (Phi) is 2.80. The minimum absolute atomic E-state index is 0.210. The van der Waals surface area contributed by atoms with E-state index in [2.05, 4.69) is 0 Å². The van der Waals surface area contributed by atoms with Gasteiger partial charge >= 0.3 is 0 Å². The fraction of sp³-hybridized carbons (Fsp3) is 0.455. The fourth-order valence-electron chi connectivity index (χ4n) is 2.04. The second kappa shape index (κ2) is 3.94. The van der Waals surface area contributed by atoms with Gasteiger partial charge in [0.2, 0.25) is 0 Å². The summed E-state index contributed by atoms with van der Waals surface area (Å²) in [6.07, 6.45) is 0.355. The van der Waals surface area contributed by atoms with E-state index in [9.17, 15) is 13.5 Å². The van der Waals surface area contributed by atoms with Gasteiger partial charge in [0.25, 0.3) is 0 Å². The van der Waals surface area contributed by atoms with Crippen molar-refractivity contribution in [3.05, 3.63) is 35.9 Å². The van der Waals surface area contributed by atoms with Gasteiger partial charge in [0.15, 0.2) is 9.84 Å². The van der Waals surface area contributed by atoms with Crippen LogP contribution in [0.15, 0.2) is 30.3 Å². The monoisotopic (exact) mass is 226 g/mol. The maximum atomic E-state index is 11.6. The first-order valence-electron chi connectivity index (χ1n) is 5.06. The Morgan fingerprint density at radius 2 is 1.93 bits per heavy atom. The molecule has 2 rings (SSSR count). The molecule has 1 aromatic carbocycles. The highest BCUT2D eigenvalue weighted by Gasteiger charge is 2.37. The molecule has 1 aromatic rings. The largest absolute Gasteiger partial charge is 0.387 e. The van der Waals surface area contributed by atoms with Crippen LogP contribution in [-0.4, -0.2) is 24.5 Å². The Morgan fingerprint density at radius 3 is 2.47 bits per heavy atom. The quantitative estimate of drug-likeness (QED) is 0.827. The molecule has 0 aliphatic carbocycles. The molecule has 1 N–H and O–H groups in total. The summed E-state index contributed by atoms with van der Waals surface area (Å²) in [6, 6.07) is 8.98. The van der Waals surface area contributed by atoms with E-state index in [1.807, 2.05) is 6.07 Å². The average Bonchev–Trinajstić information content (AvgIpc) is 2.58. The van der Waals surface area contributed by atoms with Crippen LogP contribution in [0, 0.1) is 0 Å². The van der Waals surface area contributed by atoms with Crippen molar-refractivity contribution in [1.29, 1.82) is 0 Å². The maximum Gasteiger partial charge on any atom is 0.156 e. The molecule has 1 fully saturated rings. The van der Waals surface area contributed by atoms with Crippen molar-refractivity contribution in [2.45, 2.75) is 24.2 Å². The molecule has 1 heterocycles. The van der Waals surface area contributed by atoms with Gasteiger partial charge in [-0.05, 0) is 18.4 Å². The van der Waals surface area contributed by atoms with Crippen LogP contribution in [0.1, 0.15) is 24.5 Å². The Balaban J connectivity index is 2.26. The van der Waals surface area contributed by atoms with Gasteiger partial charge in [-0.2, -0.15) is 0 Å². The second-order valence-corrected chi connectivity index (χ2v) is 6.24. The molecule has 0 radical (unpaired) electrons. The molecule has 0 bridgehead atoms. The molecule has 15 heavy (non-hydrogen) atoms. The van der Waals surface area contributed by atoms with Gasteiger partial charge in [0.05, 0.1) is 17.1 Å². The van der Waals surface area contributed by atoms with E-state index in [0.29, 0.717) is 18.4 Å². The van der Waals surface area contributed by atoms with Gasteiger partial charge in [-0.3, -0.25) is 0 Å². The zero-order chi connectivity index (χ0) is 10.9. The first kappa shape index (κ1) is 10.6. The zero-order valence-corrected chi connectivity index (χ0v) is 9.15. The lowest BCUT2D eigenvalue weighted by atomic mass is 10.0. The Labute approximate surface area is 89.7 Å². The third-order valence-electron chi connectivity index (χ3n) is 2.87. The van der Waals surface area contributed by atoms with Crippen LogP contribution in [0.25, 0.3) is 0 Å². The minimum atomic E-state index is -3.08. The van der Waals surface area contributed by atoms with Crippen LogP contribution in [0.3, 0.4) is 0 Å². The Bertz CT molecular complexity index is 424. The highest BCUT2D eigenvalue weighted by atomic mass is 32.2. The predicted octanol–water partition coefficient (Wildman–Crippen LogP) is 1.30. The normalized spacial score (nSPS) is 26.3. The van der Waals surface area contributed by atoms with Crippen LogP contribution in [0.2, 0.25) is 0 Å². The van der Waals surface area contributed by atoms with E-state index in [-0.39, 0.29) is 5.75 Å². The number of rotatable bonds is 2. The van der Waals surface area contributed by atoms with E-state index in [1.165, 1.54) is 0 Å². The van der Waals surface area contributed by atoms with Crippen LogP contribution in [0.5, 0.6) is 0 Å². The number of aliphatic hydroxyl groups is 1. The van der Waals surface area contributed by atoms with Crippen molar-refractivity contribution in [3.8, 4) is 0 Å². The molecule has 82 valence electrons. The fourth-order valence-corrected chi connectivity index (χ4v) is 3.98. The summed E-state index contributed by atoms with van der Waals surface area (Å²) < 4.78 is 23.2. The number of hydrogen-bond acceptors (Lipinski definition) is 3. The van der Waals surface area contributed by atoms with E-state index < -0.39 is 21.2 Å². The van der Waals surface area contributed by atoms with E-state index in [0.717, 1.165) is 0 Å². The molecular weight excluding hydrogens is 212 g/mol. The van der Waals surface area contributed by atoms with Crippen molar-refractivity contribution in [2.24, 2.45) is 0 Å². The van der Waals surface area contributed by atoms with Gasteiger partial charge in [-0.25, -0.2) is 8.42 Å². The highest BCUT2D eigenvalue weighted by molar-refractivity contribution is 7.92. The van der Waals surface area contributed by atoms with Crippen molar-refractivity contribution >= 4 is 9.84 Å². The summed E-state index contributed by atoms with van der Waals surface area (Å²) in [7, 11) is -3.08. The molecule has 0 amide bonds. The molecule has 3 nitrogen and oxygen atoms in total. The average molecular weight is 226 g/mol. The van der Waals surface area contributed by atoms with E-state index in [1.54, 1.807) is 24.3 Å². The summed E-state index contributed by atoms with van der Waals surface area (Å²) in [5.74, 6) is 0.210. The van der Waals surface area contributed by atoms with Crippen LogP contribution < -0.4 is 0 Å². The summed E-state index contributed by atoms with van der Waals surface area (Å²) in [6.45, 7) is 0. The first-order valence-corrected chi connectivity index (χ1v) is 6.77. The standard InChI is InChI=1S/C11H14O3S/c12-11(9-5-2-1-3-6-9)10-7-4-8-15(10,13)14/h1-3,5-6,10-12H,4,7-8H2/t10-,11-/m0/s1. The smallest absolute Gasteiger partial charge is 0.156 e. The molecule has 1 saturated heterocycles. The second-order valence-electron chi connectivity index (χ2n) is 3.90. The third kappa shape index (κ3) is 2.06. The van der Waals surface area contributed by atoms with Crippen molar-refractivity contribution in [2.75, 3.05) is 5.75 Å². The highest BCUT2D eigenvalue weighted by Crippen LogP contribution is 2.31. The lowest BCUT2D eigenvalue weighted by molar-refractivity contribution is 0.170. The number of sulfone groups is 1. The van der Waals surface area contributed by atoms with Crippen LogP contribution >= 0.6 is 0 Å².